The van der Waals surface area contributed by atoms with Crippen molar-refractivity contribution < 1.29 is 5.11 Å². The van der Waals surface area contributed by atoms with Gasteiger partial charge in [-0.2, -0.15) is 0 Å². The summed E-state index contributed by atoms with van der Waals surface area (Å²) < 4.78 is 1.77. The van der Waals surface area contributed by atoms with Gasteiger partial charge in [-0.3, -0.25) is 0 Å². The van der Waals surface area contributed by atoms with Crippen molar-refractivity contribution in [3.63, 3.8) is 0 Å². The van der Waals surface area contributed by atoms with Crippen LogP contribution in [-0.4, -0.2) is 5.11 Å². The minimum atomic E-state index is -0.788. The molecule has 0 fully saturated rings. The molecule has 0 aliphatic carbocycles. The van der Waals surface area contributed by atoms with Crippen LogP contribution in [0, 0.1) is 0 Å². The Hall–Kier alpha value is -0.0600. The van der Waals surface area contributed by atoms with Gasteiger partial charge in [0.15, 0.2) is 0 Å². The second-order valence-corrected chi connectivity index (χ2v) is 6.45. The summed E-state index contributed by atoms with van der Waals surface area (Å²) >= 11 is 18.7. The average Bonchev–Trinajstić information content (AvgIpc) is 2.26. The van der Waals surface area contributed by atoms with Crippen LogP contribution >= 0.6 is 55.1 Å². The van der Waals surface area contributed by atoms with Gasteiger partial charge in [0.25, 0.3) is 0 Å². The summed E-state index contributed by atoms with van der Waals surface area (Å²) in [7, 11) is 0. The number of halogens is 4. The van der Waals surface area contributed by atoms with Crippen LogP contribution in [-0.2, 0) is 0 Å². The van der Waals surface area contributed by atoms with Crippen LogP contribution in [0.2, 0.25) is 10.0 Å². The van der Waals surface area contributed by atoms with E-state index in [1.807, 2.05) is 18.2 Å². The number of rotatable bonds is 2. The fourth-order valence-corrected chi connectivity index (χ4v) is 3.48. The summed E-state index contributed by atoms with van der Waals surface area (Å²) in [5.41, 5.74) is 1.38. The van der Waals surface area contributed by atoms with Crippen molar-refractivity contribution in [2.75, 3.05) is 0 Å². The Morgan fingerprint density at radius 2 is 1.56 bits per heavy atom. The van der Waals surface area contributed by atoms with E-state index in [1.54, 1.807) is 18.2 Å². The van der Waals surface area contributed by atoms with Crippen molar-refractivity contribution >= 4 is 55.1 Å². The largest absolute Gasteiger partial charge is 0.384 e. The van der Waals surface area contributed by atoms with Gasteiger partial charge in [0.2, 0.25) is 0 Å². The highest BCUT2D eigenvalue weighted by atomic mass is 79.9. The monoisotopic (exact) mass is 408 g/mol. The zero-order chi connectivity index (χ0) is 13.3. The van der Waals surface area contributed by atoms with Crippen LogP contribution < -0.4 is 0 Å². The molecule has 0 bridgehead atoms. The first-order valence-corrected chi connectivity index (χ1v) is 7.40. The quantitative estimate of drug-likeness (QED) is 0.683. The van der Waals surface area contributed by atoms with Crippen molar-refractivity contribution in [3.05, 3.63) is 66.5 Å². The van der Waals surface area contributed by atoms with Crippen LogP contribution in [0.4, 0.5) is 0 Å². The first kappa shape index (κ1) is 14.4. The first-order chi connectivity index (χ1) is 8.47. The standard InChI is InChI=1S/C13H8Br2Cl2O/c14-8-3-7(4-9(15)5-8)13(18)11-2-1-10(16)6-12(11)17/h1-6,13,18H. The highest BCUT2D eigenvalue weighted by molar-refractivity contribution is 9.11. The van der Waals surface area contributed by atoms with E-state index in [0.29, 0.717) is 15.6 Å². The molecule has 0 saturated heterocycles. The number of hydrogen-bond acceptors (Lipinski definition) is 1. The van der Waals surface area contributed by atoms with Crippen LogP contribution in [0.15, 0.2) is 45.3 Å². The Balaban J connectivity index is 2.44. The van der Waals surface area contributed by atoms with Gasteiger partial charge >= 0.3 is 0 Å². The predicted molar refractivity (Wildman–Crippen MR) is 82.4 cm³/mol. The lowest BCUT2D eigenvalue weighted by Crippen LogP contribution is -2.00. The Morgan fingerprint density at radius 1 is 0.944 bits per heavy atom. The molecule has 2 aromatic carbocycles. The Labute approximate surface area is 132 Å². The molecule has 2 aromatic rings. The lowest BCUT2D eigenvalue weighted by molar-refractivity contribution is 0.220. The van der Waals surface area contributed by atoms with Gasteiger partial charge in [0.05, 0.1) is 0 Å². The maximum Gasteiger partial charge on any atom is 0.106 e. The predicted octanol–water partition coefficient (Wildman–Crippen LogP) is 5.60. The molecular formula is C13H8Br2Cl2O. The Kier molecular flexibility index (Phi) is 4.73. The minimum absolute atomic E-state index is 0.450. The third-order valence-electron chi connectivity index (χ3n) is 2.46. The van der Waals surface area contributed by atoms with Gasteiger partial charge in [-0.25, -0.2) is 0 Å². The second kappa shape index (κ2) is 5.93. The number of aliphatic hydroxyl groups excluding tert-OH is 1. The molecule has 5 heteroatoms. The van der Waals surface area contributed by atoms with Crippen LogP contribution in [0.5, 0.6) is 0 Å². The zero-order valence-electron chi connectivity index (χ0n) is 9.00. The SMILES string of the molecule is OC(c1cc(Br)cc(Br)c1)c1ccc(Cl)cc1Cl. The molecule has 94 valence electrons. The molecule has 0 spiro atoms. The lowest BCUT2D eigenvalue weighted by Gasteiger charge is -2.14. The van der Waals surface area contributed by atoms with Crippen molar-refractivity contribution in [3.8, 4) is 0 Å². The molecule has 0 saturated carbocycles. The lowest BCUT2D eigenvalue weighted by atomic mass is 10.0. The summed E-state index contributed by atoms with van der Waals surface area (Å²) in [6.45, 7) is 0. The first-order valence-electron chi connectivity index (χ1n) is 5.06. The third kappa shape index (κ3) is 3.28. The fraction of sp³-hybridized carbons (Fsp3) is 0.0769. The molecule has 1 N–H and O–H groups in total. The normalized spacial score (nSPS) is 12.5. The van der Waals surface area contributed by atoms with Gasteiger partial charge in [0.1, 0.15) is 6.10 Å². The molecule has 0 heterocycles. The summed E-state index contributed by atoms with van der Waals surface area (Å²) in [6.07, 6.45) is -0.788. The third-order valence-corrected chi connectivity index (χ3v) is 3.94. The summed E-state index contributed by atoms with van der Waals surface area (Å²) in [6, 6.07) is 10.7. The van der Waals surface area contributed by atoms with Gasteiger partial charge in [0, 0.05) is 24.6 Å². The van der Waals surface area contributed by atoms with E-state index in [1.165, 1.54) is 0 Å². The summed E-state index contributed by atoms with van der Waals surface area (Å²) in [5.74, 6) is 0. The number of benzene rings is 2. The van der Waals surface area contributed by atoms with E-state index in [-0.39, 0.29) is 0 Å². The van der Waals surface area contributed by atoms with Crippen LogP contribution in [0.25, 0.3) is 0 Å². The molecule has 18 heavy (non-hydrogen) atoms. The van der Waals surface area contributed by atoms with E-state index >= 15 is 0 Å². The smallest absolute Gasteiger partial charge is 0.106 e. The van der Waals surface area contributed by atoms with Crippen molar-refractivity contribution in [1.29, 1.82) is 0 Å². The Bertz CT molecular complexity index is 567. The van der Waals surface area contributed by atoms with Gasteiger partial charge in [-0.15, -0.1) is 0 Å². The van der Waals surface area contributed by atoms with Crippen molar-refractivity contribution in [2.24, 2.45) is 0 Å². The topological polar surface area (TPSA) is 20.2 Å². The zero-order valence-corrected chi connectivity index (χ0v) is 13.7. The maximum absolute atomic E-state index is 10.3. The fourth-order valence-electron chi connectivity index (χ4n) is 1.64. The van der Waals surface area contributed by atoms with E-state index in [9.17, 15) is 5.11 Å². The summed E-state index contributed by atoms with van der Waals surface area (Å²) in [5, 5.41) is 11.3. The molecule has 2 rings (SSSR count). The van der Waals surface area contributed by atoms with Gasteiger partial charge in [-0.05, 0) is 35.9 Å². The molecule has 0 aromatic heterocycles. The van der Waals surface area contributed by atoms with Gasteiger partial charge < -0.3 is 5.11 Å². The molecular weight excluding hydrogens is 403 g/mol. The highest BCUT2D eigenvalue weighted by Gasteiger charge is 2.15. The van der Waals surface area contributed by atoms with E-state index in [0.717, 1.165) is 14.5 Å². The Morgan fingerprint density at radius 3 is 2.11 bits per heavy atom. The van der Waals surface area contributed by atoms with Crippen LogP contribution in [0.3, 0.4) is 0 Å². The summed E-state index contributed by atoms with van der Waals surface area (Å²) in [4.78, 5) is 0. The van der Waals surface area contributed by atoms with E-state index in [2.05, 4.69) is 31.9 Å². The van der Waals surface area contributed by atoms with Crippen molar-refractivity contribution in [1.82, 2.24) is 0 Å². The van der Waals surface area contributed by atoms with Crippen molar-refractivity contribution in [2.45, 2.75) is 6.10 Å². The molecule has 0 aliphatic heterocycles. The van der Waals surface area contributed by atoms with E-state index < -0.39 is 6.10 Å². The van der Waals surface area contributed by atoms with Crippen LogP contribution in [0.1, 0.15) is 17.2 Å². The molecule has 0 radical (unpaired) electrons. The maximum atomic E-state index is 10.3. The number of hydrogen-bond donors (Lipinski definition) is 1. The molecule has 1 unspecified atom stereocenters. The molecule has 0 amide bonds. The number of aliphatic hydroxyl groups is 1. The highest BCUT2D eigenvalue weighted by Crippen LogP contribution is 2.32. The molecule has 0 aliphatic rings. The second-order valence-electron chi connectivity index (χ2n) is 3.77. The minimum Gasteiger partial charge on any atom is -0.384 e. The molecule has 1 atom stereocenters. The van der Waals surface area contributed by atoms with Gasteiger partial charge in [-0.1, -0.05) is 61.1 Å². The average molecular weight is 411 g/mol. The molecule has 1 nitrogen and oxygen atoms in total. The van der Waals surface area contributed by atoms with E-state index in [4.69, 9.17) is 23.2 Å².